The Morgan fingerprint density at radius 1 is 1.48 bits per heavy atom. The molecule has 4 N–H and O–H groups in total. The van der Waals surface area contributed by atoms with E-state index in [-0.39, 0.29) is 19.7 Å². The van der Waals surface area contributed by atoms with Gasteiger partial charge in [-0.25, -0.2) is 14.4 Å². The van der Waals surface area contributed by atoms with Crippen LogP contribution in [0.1, 0.15) is 6.42 Å². The summed E-state index contributed by atoms with van der Waals surface area (Å²) in [4.78, 5) is 46.2. The van der Waals surface area contributed by atoms with Crippen molar-refractivity contribution >= 4 is 23.9 Å². The van der Waals surface area contributed by atoms with Gasteiger partial charge in [0.05, 0.1) is 26.7 Å². The first-order valence-corrected chi connectivity index (χ1v) is 6.11. The van der Waals surface area contributed by atoms with Crippen LogP contribution in [-0.2, 0) is 23.9 Å². The quantitative estimate of drug-likeness (QED) is 0.492. The van der Waals surface area contributed by atoms with E-state index in [9.17, 15) is 19.2 Å². The van der Waals surface area contributed by atoms with Crippen molar-refractivity contribution in [3.05, 3.63) is 0 Å². The second-order valence-corrected chi connectivity index (χ2v) is 4.34. The number of hydrogen-bond acceptors (Lipinski definition) is 6. The molecular weight excluding hydrogens is 286 g/mol. The van der Waals surface area contributed by atoms with Crippen LogP contribution in [0.5, 0.6) is 0 Å². The van der Waals surface area contributed by atoms with Gasteiger partial charge in [-0.15, -0.1) is 0 Å². The first-order valence-electron chi connectivity index (χ1n) is 6.11. The Hall–Kier alpha value is -2.36. The maximum atomic E-state index is 11.9. The topological polar surface area (TPSA) is 148 Å². The van der Waals surface area contributed by atoms with Crippen molar-refractivity contribution in [2.75, 3.05) is 26.8 Å². The number of carboxylic acid groups (broad SMARTS) is 1. The molecule has 0 spiro atoms. The Balaban J connectivity index is 2.62. The third-order valence-corrected chi connectivity index (χ3v) is 2.82. The van der Waals surface area contributed by atoms with Gasteiger partial charge >= 0.3 is 18.0 Å². The number of hydrogen-bond donors (Lipinski definition) is 3. The van der Waals surface area contributed by atoms with E-state index < -0.39 is 42.4 Å². The third-order valence-electron chi connectivity index (χ3n) is 2.82. The summed E-state index contributed by atoms with van der Waals surface area (Å²) < 4.78 is 9.65. The van der Waals surface area contributed by atoms with E-state index in [2.05, 4.69) is 10.1 Å². The van der Waals surface area contributed by atoms with Crippen molar-refractivity contribution < 1.29 is 33.8 Å². The number of primary amides is 1. The summed E-state index contributed by atoms with van der Waals surface area (Å²) in [7, 11) is 1.19. The number of nitrogens with one attached hydrogen (secondary N) is 1. The van der Waals surface area contributed by atoms with Crippen molar-refractivity contribution in [3.63, 3.8) is 0 Å². The van der Waals surface area contributed by atoms with Crippen LogP contribution in [0.4, 0.5) is 4.79 Å². The van der Waals surface area contributed by atoms with E-state index in [1.165, 1.54) is 12.0 Å². The van der Waals surface area contributed by atoms with Gasteiger partial charge in [-0.3, -0.25) is 4.79 Å². The second-order valence-electron chi connectivity index (χ2n) is 4.34. The number of nitrogens with two attached hydrogens (primary N) is 1. The largest absolute Gasteiger partial charge is 0.480 e. The number of methoxy groups -OCH3 is 1. The third kappa shape index (κ3) is 4.91. The van der Waals surface area contributed by atoms with Crippen molar-refractivity contribution in [1.29, 1.82) is 0 Å². The maximum Gasteiger partial charge on any atom is 0.336 e. The number of amides is 3. The zero-order valence-electron chi connectivity index (χ0n) is 11.4. The van der Waals surface area contributed by atoms with Crippen LogP contribution in [-0.4, -0.2) is 72.8 Å². The summed E-state index contributed by atoms with van der Waals surface area (Å²) in [6, 6.07) is -2.14. The normalized spacial score (nSPS) is 19.5. The summed E-state index contributed by atoms with van der Waals surface area (Å²) in [5, 5.41) is 11.1. The minimum Gasteiger partial charge on any atom is -0.480 e. The lowest BCUT2D eigenvalue weighted by Crippen LogP contribution is -2.55. The van der Waals surface area contributed by atoms with Crippen LogP contribution in [0.15, 0.2) is 0 Å². The van der Waals surface area contributed by atoms with Gasteiger partial charge in [-0.2, -0.15) is 0 Å². The Bertz CT molecular complexity index is 440. The molecule has 1 saturated heterocycles. The van der Waals surface area contributed by atoms with Crippen molar-refractivity contribution in [2.24, 2.45) is 5.73 Å². The summed E-state index contributed by atoms with van der Waals surface area (Å²) in [5.74, 6) is -2.85. The molecule has 0 aromatic heterocycles. The summed E-state index contributed by atoms with van der Waals surface area (Å²) in [6.45, 7) is 0.227. The Morgan fingerprint density at radius 3 is 2.67 bits per heavy atom. The first kappa shape index (κ1) is 16.7. The van der Waals surface area contributed by atoms with Gasteiger partial charge in [-0.1, -0.05) is 0 Å². The molecule has 1 heterocycles. The van der Waals surface area contributed by atoms with Crippen LogP contribution in [0.3, 0.4) is 0 Å². The van der Waals surface area contributed by atoms with Crippen LogP contribution in [0, 0.1) is 0 Å². The number of aliphatic carboxylic acids is 1. The molecule has 2 atom stereocenters. The molecular formula is C11H17N3O7. The SMILES string of the molecule is COC(=O)C1CN(C(=O)N[C@H](CC(N)=O)C(=O)O)CCO1. The van der Waals surface area contributed by atoms with E-state index in [0.717, 1.165) is 0 Å². The van der Waals surface area contributed by atoms with Crippen molar-refractivity contribution in [3.8, 4) is 0 Å². The molecule has 118 valence electrons. The summed E-state index contributed by atoms with van der Waals surface area (Å²) in [5.41, 5.74) is 4.92. The number of morpholine rings is 1. The van der Waals surface area contributed by atoms with Crippen LogP contribution in [0.25, 0.3) is 0 Å². The number of ether oxygens (including phenoxy) is 2. The molecule has 0 aromatic rings. The lowest BCUT2D eigenvalue weighted by atomic mass is 10.2. The van der Waals surface area contributed by atoms with Gasteiger partial charge in [0.15, 0.2) is 6.10 Å². The number of urea groups is 1. The zero-order chi connectivity index (χ0) is 16.0. The van der Waals surface area contributed by atoms with Gasteiger partial charge < -0.3 is 30.5 Å². The molecule has 0 radical (unpaired) electrons. The summed E-state index contributed by atoms with van der Waals surface area (Å²) in [6.07, 6.45) is -1.44. The fourth-order valence-corrected chi connectivity index (χ4v) is 1.75. The number of esters is 1. The maximum absolute atomic E-state index is 11.9. The fourth-order valence-electron chi connectivity index (χ4n) is 1.75. The molecule has 0 aliphatic carbocycles. The van der Waals surface area contributed by atoms with Crippen LogP contribution >= 0.6 is 0 Å². The molecule has 1 aliphatic rings. The zero-order valence-corrected chi connectivity index (χ0v) is 11.4. The van der Waals surface area contributed by atoms with Crippen LogP contribution < -0.4 is 11.1 Å². The van der Waals surface area contributed by atoms with E-state index in [1.54, 1.807) is 0 Å². The Labute approximate surface area is 120 Å². The molecule has 0 bridgehead atoms. The average Bonchev–Trinajstić information content (AvgIpc) is 2.45. The van der Waals surface area contributed by atoms with Gasteiger partial charge in [0.1, 0.15) is 6.04 Å². The molecule has 3 amide bonds. The standard InChI is InChI=1S/C11H17N3O7/c1-20-10(18)7-5-14(2-3-21-7)11(19)13-6(9(16)17)4-8(12)15/h6-7H,2-5H2,1H3,(H2,12,15)(H,13,19)(H,16,17)/t6-,7?/m1/s1. The highest BCUT2D eigenvalue weighted by Crippen LogP contribution is 2.07. The highest BCUT2D eigenvalue weighted by molar-refractivity contribution is 5.88. The molecule has 0 aromatic carbocycles. The Kier molecular flexibility index (Phi) is 5.91. The molecule has 1 fully saturated rings. The van der Waals surface area contributed by atoms with E-state index in [0.29, 0.717) is 0 Å². The van der Waals surface area contributed by atoms with Crippen molar-refractivity contribution in [2.45, 2.75) is 18.6 Å². The molecule has 1 unspecified atom stereocenters. The predicted molar refractivity (Wildman–Crippen MR) is 67.1 cm³/mol. The average molecular weight is 303 g/mol. The number of nitrogens with zero attached hydrogens (tertiary/aromatic N) is 1. The van der Waals surface area contributed by atoms with E-state index in [4.69, 9.17) is 15.6 Å². The van der Waals surface area contributed by atoms with Gasteiger partial charge in [0.2, 0.25) is 5.91 Å². The minimum absolute atomic E-state index is 0.0680. The lowest BCUT2D eigenvalue weighted by Gasteiger charge is -2.32. The van der Waals surface area contributed by atoms with Crippen LogP contribution in [0.2, 0.25) is 0 Å². The predicted octanol–water partition coefficient (Wildman–Crippen LogP) is -2.10. The van der Waals surface area contributed by atoms with Gasteiger partial charge in [0, 0.05) is 6.54 Å². The lowest BCUT2D eigenvalue weighted by molar-refractivity contribution is -0.158. The second kappa shape index (κ2) is 7.43. The highest BCUT2D eigenvalue weighted by atomic mass is 16.6. The number of rotatable bonds is 5. The first-order chi connectivity index (χ1) is 9.85. The molecule has 21 heavy (non-hydrogen) atoms. The molecule has 10 heteroatoms. The number of carbonyl (C=O) groups excluding carboxylic acids is 3. The van der Waals surface area contributed by atoms with E-state index >= 15 is 0 Å². The molecule has 1 rings (SSSR count). The molecule has 0 saturated carbocycles. The highest BCUT2D eigenvalue weighted by Gasteiger charge is 2.32. The smallest absolute Gasteiger partial charge is 0.336 e. The minimum atomic E-state index is -1.42. The monoisotopic (exact) mass is 303 g/mol. The number of carboxylic acids is 1. The molecule has 10 nitrogen and oxygen atoms in total. The number of carbonyl (C=O) groups is 4. The van der Waals surface area contributed by atoms with Gasteiger partial charge in [0.25, 0.3) is 0 Å². The van der Waals surface area contributed by atoms with E-state index in [1.807, 2.05) is 0 Å². The fraction of sp³-hybridized carbons (Fsp3) is 0.636. The summed E-state index contributed by atoms with van der Waals surface area (Å²) >= 11 is 0. The van der Waals surface area contributed by atoms with Crippen molar-refractivity contribution in [1.82, 2.24) is 10.2 Å². The Morgan fingerprint density at radius 2 is 2.14 bits per heavy atom. The molecule has 1 aliphatic heterocycles. The van der Waals surface area contributed by atoms with Gasteiger partial charge in [-0.05, 0) is 0 Å².